The topological polar surface area (TPSA) is 35.5 Å². The average Bonchev–Trinajstić information content (AvgIpc) is 2.67. The van der Waals surface area contributed by atoms with Gasteiger partial charge in [-0.3, -0.25) is 0 Å². The van der Waals surface area contributed by atoms with Crippen LogP contribution in [-0.4, -0.2) is 13.1 Å². The molecule has 0 aliphatic heterocycles. The summed E-state index contributed by atoms with van der Waals surface area (Å²) in [6.45, 7) is 0. The van der Waals surface area contributed by atoms with Crippen LogP contribution in [0.3, 0.4) is 0 Å². The molecule has 0 aromatic heterocycles. The molecule has 0 saturated carbocycles. The van der Waals surface area contributed by atoms with Crippen molar-refractivity contribution in [3.05, 3.63) is 98.5 Å². The van der Waals surface area contributed by atoms with Crippen molar-refractivity contribution in [2.24, 2.45) is 0 Å². The Morgan fingerprint density at radius 2 is 1.48 bits per heavy atom. The fraction of sp³-hybridized carbons (Fsp3) is 0.0952. The summed E-state index contributed by atoms with van der Waals surface area (Å²) in [5.41, 5.74) is 1.78. The molecular formula is C21H15Cl3O3. The van der Waals surface area contributed by atoms with Gasteiger partial charge in [0.2, 0.25) is 0 Å². The summed E-state index contributed by atoms with van der Waals surface area (Å²) in [6, 6.07) is 18.8. The van der Waals surface area contributed by atoms with Crippen LogP contribution in [-0.2, 0) is 4.74 Å². The molecule has 0 unspecified atom stereocenters. The van der Waals surface area contributed by atoms with Crippen LogP contribution in [0.25, 0.3) is 0 Å². The molecular weight excluding hydrogens is 407 g/mol. The van der Waals surface area contributed by atoms with Crippen molar-refractivity contribution in [2.45, 2.75) is 6.10 Å². The molecule has 27 heavy (non-hydrogen) atoms. The van der Waals surface area contributed by atoms with E-state index >= 15 is 0 Å². The molecule has 0 heterocycles. The van der Waals surface area contributed by atoms with E-state index in [1.165, 1.54) is 0 Å². The SMILES string of the molecule is COc1ccc([C@@H](OC(=O)c2ccc(Cl)cc2)c2ccc(Cl)cc2Cl)cc1. The molecule has 0 fully saturated rings. The third-order valence-corrected chi connectivity index (χ3v) is 4.78. The number of hydrogen-bond acceptors (Lipinski definition) is 3. The number of hydrogen-bond donors (Lipinski definition) is 0. The van der Waals surface area contributed by atoms with Crippen molar-refractivity contribution in [3.8, 4) is 5.75 Å². The molecule has 0 bridgehead atoms. The van der Waals surface area contributed by atoms with E-state index in [4.69, 9.17) is 44.3 Å². The van der Waals surface area contributed by atoms with Gasteiger partial charge in [0.1, 0.15) is 5.75 Å². The van der Waals surface area contributed by atoms with Crippen LogP contribution in [0.1, 0.15) is 27.6 Å². The summed E-state index contributed by atoms with van der Waals surface area (Å²) < 4.78 is 11.0. The van der Waals surface area contributed by atoms with E-state index in [0.717, 1.165) is 5.56 Å². The third-order valence-electron chi connectivity index (χ3n) is 3.97. The molecule has 3 aromatic carbocycles. The maximum Gasteiger partial charge on any atom is 0.339 e. The average molecular weight is 422 g/mol. The van der Waals surface area contributed by atoms with Crippen molar-refractivity contribution in [2.75, 3.05) is 7.11 Å². The molecule has 3 nitrogen and oxygen atoms in total. The Kier molecular flexibility index (Phi) is 6.27. The molecule has 0 saturated heterocycles. The molecule has 0 amide bonds. The maximum atomic E-state index is 12.7. The Hall–Kier alpha value is -2.20. The first kappa shape index (κ1) is 19.6. The first-order valence-electron chi connectivity index (χ1n) is 8.03. The minimum Gasteiger partial charge on any atom is -0.497 e. The molecule has 0 N–H and O–H groups in total. The number of halogens is 3. The van der Waals surface area contributed by atoms with Gasteiger partial charge in [0.25, 0.3) is 0 Å². The normalized spacial score (nSPS) is 11.7. The van der Waals surface area contributed by atoms with Gasteiger partial charge in [-0.25, -0.2) is 4.79 Å². The molecule has 3 rings (SSSR count). The largest absolute Gasteiger partial charge is 0.497 e. The smallest absolute Gasteiger partial charge is 0.339 e. The lowest BCUT2D eigenvalue weighted by Gasteiger charge is -2.20. The second-order valence-corrected chi connectivity index (χ2v) is 7.01. The fourth-order valence-electron chi connectivity index (χ4n) is 2.56. The van der Waals surface area contributed by atoms with Crippen LogP contribution in [0.5, 0.6) is 5.75 Å². The highest BCUT2D eigenvalue weighted by Crippen LogP contribution is 2.34. The van der Waals surface area contributed by atoms with Gasteiger partial charge >= 0.3 is 5.97 Å². The highest BCUT2D eigenvalue weighted by molar-refractivity contribution is 6.35. The summed E-state index contributed by atoms with van der Waals surface area (Å²) in [6.07, 6.45) is -0.705. The number of esters is 1. The van der Waals surface area contributed by atoms with Crippen LogP contribution in [0, 0.1) is 0 Å². The summed E-state index contributed by atoms with van der Waals surface area (Å²) in [7, 11) is 1.59. The number of ether oxygens (including phenoxy) is 2. The van der Waals surface area contributed by atoms with E-state index < -0.39 is 12.1 Å². The molecule has 3 aromatic rings. The first-order valence-corrected chi connectivity index (χ1v) is 9.17. The lowest BCUT2D eigenvalue weighted by molar-refractivity contribution is 0.0378. The quantitative estimate of drug-likeness (QED) is 0.435. The number of rotatable bonds is 5. The summed E-state index contributed by atoms with van der Waals surface area (Å²) in [5.74, 6) is 0.210. The van der Waals surface area contributed by atoms with Crippen molar-refractivity contribution < 1.29 is 14.3 Å². The van der Waals surface area contributed by atoms with E-state index in [1.807, 2.05) is 12.1 Å². The maximum absolute atomic E-state index is 12.7. The molecule has 0 spiro atoms. The van der Waals surface area contributed by atoms with E-state index in [2.05, 4.69) is 0 Å². The van der Waals surface area contributed by atoms with Gasteiger partial charge < -0.3 is 9.47 Å². The van der Waals surface area contributed by atoms with Gasteiger partial charge in [0.15, 0.2) is 6.10 Å². The Morgan fingerprint density at radius 1 is 0.852 bits per heavy atom. The van der Waals surface area contributed by atoms with E-state index in [0.29, 0.717) is 31.9 Å². The Labute approximate surface area is 172 Å². The van der Waals surface area contributed by atoms with Crippen molar-refractivity contribution >= 4 is 40.8 Å². The van der Waals surface area contributed by atoms with Crippen LogP contribution in [0.2, 0.25) is 15.1 Å². The lowest BCUT2D eigenvalue weighted by Crippen LogP contribution is -2.13. The number of benzene rings is 3. The number of methoxy groups -OCH3 is 1. The van der Waals surface area contributed by atoms with Gasteiger partial charge in [-0.05, 0) is 54.1 Å². The summed E-state index contributed by atoms with van der Waals surface area (Å²) in [5, 5.41) is 1.45. The van der Waals surface area contributed by atoms with E-state index in [1.54, 1.807) is 61.7 Å². The lowest BCUT2D eigenvalue weighted by atomic mass is 10.0. The first-order chi connectivity index (χ1) is 13.0. The monoisotopic (exact) mass is 420 g/mol. The Morgan fingerprint density at radius 3 is 2.07 bits per heavy atom. The number of carbonyl (C=O) groups excluding carboxylic acids is 1. The zero-order valence-corrected chi connectivity index (χ0v) is 16.6. The molecule has 0 aliphatic rings. The van der Waals surface area contributed by atoms with Gasteiger partial charge in [-0.2, -0.15) is 0 Å². The summed E-state index contributed by atoms with van der Waals surface area (Å²) >= 11 is 18.3. The van der Waals surface area contributed by atoms with Crippen LogP contribution in [0.4, 0.5) is 0 Å². The molecule has 1 atom stereocenters. The van der Waals surface area contributed by atoms with E-state index in [9.17, 15) is 4.79 Å². The predicted octanol–water partition coefficient (Wildman–Crippen LogP) is 6.60. The van der Waals surface area contributed by atoms with Crippen molar-refractivity contribution in [1.82, 2.24) is 0 Å². The number of carbonyl (C=O) groups is 1. The standard InChI is InChI=1S/C21H15Cl3O3/c1-26-17-9-4-13(5-10-17)20(18-11-8-16(23)12-19(18)24)27-21(25)14-2-6-15(22)7-3-14/h2-12,20H,1H3/t20-/m1/s1. The Balaban J connectivity index is 1.98. The van der Waals surface area contributed by atoms with Gasteiger partial charge in [-0.1, -0.05) is 53.0 Å². The minimum absolute atomic E-state index is 0.392. The molecule has 0 aliphatic carbocycles. The van der Waals surface area contributed by atoms with Crippen LogP contribution in [0.15, 0.2) is 66.7 Å². The molecule has 0 radical (unpaired) electrons. The predicted molar refractivity (Wildman–Crippen MR) is 108 cm³/mol. The second kappa shape index (κ2) is 8.66. The van der Waals surface area contributed by atoms with Crippen molar-refractivity contribution in [3.63, 3.8) is 0 Å². The minimum atomic E-state index is -0.705. The van der Waals surface area contributed by atoms with Crippen molar-refractivity contribution in [1.29, 1.82) is 0 Å². The molecule has 6 heteroatoms. The van der Waals surface area contributed by atoms with Crippen LogP contribution >= 0.6 is 34.8 Å². The highest BCUT2D eigenvalue weighted by Gasteiger charge is 2.23. The van der Waals surface area contributed by atoms with Gasteiger partial charge in [-0.15, -0.1) is 0 Å². The van der Waals surface area contributed by atoms with Crippen LogP contribution < -0.4 is 4.74 Å². The highest BCUT2D eigenvalue weighted by atomic mass is 35.5. The molecule has 138 valence electrons. The summed E-state index contributed by atoms with van der Waals surface area (Å²) in [4.78, 5) is 12.7. The zero-order chi connectivity index (χ0) is 19.4. The Bertz CT molecular complexity index is 938. The second-order valence-electron chi connectivity index (χ2n) is 5.73. The third kappa shape index (κ3) is 4.75. The van der Waals surface area contributed by atoms with E-state index in [-0.39, 0.29) is 0 Å². The van der Waals surface area contributed by atoms with Gasteiger partial charge in [0.05, 0.1) is 12.7 Å². The van der Waals surface area contributed by atoms with Gasteiger partial charge in [0, 0.05) is 20.6 Å². The fourth-order valence-corrected chi connectivity index (χ4v) is 3.20. The zero-order valence-electron chi connectivity index (χ0n) is 14.3.